The number of amides is 1. The number of rotatable bonds is 4. The van der Waals surface area contributed by atoms with E-state index in [-0.39, 0.29) is 16.4 Å². The molecule has 1 heterocycles. The fourth-order valence-electron chi connectivity index (χ4n) is 2.47. The highest BCUT2D eigenvalue weighted by molar-refractivity contribution is 6.30. The second kappa shape index (κ2) is 7.55. The van der Waals surface area contributed by atoms with Gasteiger partial charge in [-0.2, -0.15) is 13.2 Å². The molecule has 0 radical (unpaired) electrons. The van der Waals surface area contributed by atoms with E-state index in [2.05, 4.69) is 5.32 Å². The van der Waals surface area contributed by atoms with Crippen LogP contribution in [0, 0.1) is 0 Å². The molecule has 0 aliphatic heterocycles. The zero-order valence-corrected chi connectivity index (χ0v) is 15.1. The summed E-state index contributed by atoms with van der Waals surface area (Å²) in [5.41, 5.74) is -1.78. The van der Waals surface area contributed by atoms with Crippen LogP contribution < -0.4 is 15.7 Å². The summed E-state index contributed by atoms with van der Waals surface area (Å²) >= 11 is 5.62. The van der Waals surface area contributed by atoms with Crippen LogP contribution in [0.4, 0.5) is 18.9 Å². The molecule has 5 nitrogen and oxygen atoms in total. The number of carbonyl (C=O) groups excluding carboxylic acids is 1. The number of anilines is 1. The van der Waals surface area contributed by atoms with Crippen molar-refractivity contribution in [3.63, 3.8) is 0 Å². The quantitative estimate of drug-likeness (QED) is 0.622. The van der Waals surface area contributed by atoms with E-state index >= 15 is 0 Å². The van der Waals surface area contributed by atoms with Crippen LogP contribution in [0.1, 0.15) is 12.5 Å². The molecule has 0 spiro atoms. The standard InChI is InChI=1S/C19H13ClF3NO4/c1-10(27-13-5-2-11-3-7-17(25)28-16(11)9-13)18(26)24-15-6-4-12(20)8-14(15)19(21,22)23/h2-10H,1H3,(H,24,26)/t10-/m0/s1. The summed E-state index contributed by atoms with van der Waals surface area (Å²) in [7, 11) is 0. The molecule has 2 aromatic carbocycles. The summed E-state index contributed by atoms with van der Waals surface area (Å²) in [6.45, 7) is 1.38. The van der Waals surface area contributed by atoms with Crippen molar-refractivity contribution in [3.05, 3.63) is 69.5 Å². The van der Waals surface area contributed by atoms with Gasteiger partial charge in [-0.1, -0.05) is 11.6 Å². The minimum absolute atomic E-state index is 0.104. The molecule has 3 rings (SSSR count). The third kappa shape index (κ3) is 4.45. The number of halogens is 4. The molecule has 28 heavy (non-hydrogen) atoms. The van der Waals surface area contributed by atoms with Crippen molar-refractivity contribution in [1.82, 2.24) is 0 Å². The van der Waals surface area contributed by atoms with Crippen LogP contribution >= 0.6 is 11.6 Å². The number of carbonyl (C=O) groups is 1. The Kier molecular flexibility index (Phi) is 5.33. The average Bonchev–Trinajstić information content (AvgIpc) is 2.61. The zero-order chi connectivity index (χ0) is 20.5. The van der Waals surface area contributed by atoms with E-state index in [9.17, 15) is 22.8 Å². The molecule has 0 saturated heterocycles. The van der Waals surface area contributed by atoms with Crippen LogP contribution in [0.3, 0.4) is 0 Å². The summed E-state index contributed by atoms with van der Waals surface area (Å²) in [6, 6.07) is 10.5. The molecule has 0 bridgehead atoms. The SMILES string of the molecule is C[C@H](Oc1ccc2ccc(=O)oc2c1)C(=O)Nc1ccc(Cl)cc1C(F)(F)F. The monoisotopic (exact) mass is 411 g/mol. The van der Waals surface area contributed by atoms with E-state index in [0.29, 0.717) is 5.39 Å². The van der Waals surface area contributed by atoms with Crippen molar-refractivity contribution in [3.8, 4) is 5.75 Å². The van der Waals surface area contributed by atoms with Gasteiger partial charge in [0.25, 0.3) is 5.91 Å². The number of fused-ring (bicyclic) bond motifs is 1. The average molecular weight is 412 g/mol. The molecule has 0 aliphatic carbocycles. The highest BCUT2D eigenvalue weighted by atomic mass is 35.5. The summed E-state index contributed by atoms with van der Waals surface area (Å²) < 4.78 is 49.9. The third-order valence-electron chi connectivity index (χ3n) is 3.82. The maximum Gasteiger partial charge on any atom is 0.418 e. The lowest BCUT2D eigenvalue weighted by molar-refractivity contribution is -0.137. The fourth-order valence-corrected chi connectivity index (χ4v) is 2.64. The van der Waals surface area contributed by atoms with Gasteiger partial charge in [-0.15, -0.1) is 0 Å². The minimum Gasteiger partial charge on any atom is -0.481 e. The zero-order valence-electron chi connectivity index (χ0n) is 14.3. The van der Waals surface area contributed by atoms with Crippen LogP contribution in [0.2, 0.25) is 5.02 Å². The molecule has 146 valence electrons. The molecule has 0 unspecified atom stereocenters. The van der Waals surface area contributed by atoms with E-state index in [1.807, 2.05) is 0 Å². The van der Waals surface area contributed by atoms with Crippen molar-refractivity contribution in [2.45, 2.75) is 19.2 Å². The first-order valence-electron chi connectivity index (χ1n) is 8.02. The van der Waals surface area contributed by atoms with Crippen LogP contribution in [0.5, 0.6) is 5.75 Å². The summed E-state index contributed by atoms with van der Waals surface area (Å²) in [4.78, 5) is 23.6. The van der Waals surface area contributed by atoms with Gasteiger partial charge in [-0.25, -0.2) is 4.79 Å². The Morgan fingerprint density at radius 1 is 1.14 bits per heavy atom. The Balaban J connectivity index is 1.78. The first-order valence-corrected chi connectivity index (χ1v) is 8.39. The van der Waals surface area contributed by atoms with Gasteiger partial charge in [0.1, 0.15) is 11.3 Å². The number of alkyl halides is 3. The van der Waals surface area contributed by atoms with Gasteiger partial charge < -0.3 is 14.5 Å². The number of hydrogen-bond donors (Lipinski definition) is 1. The highest BCUT2D eigenvalue weighted by Gasteiger charge is 2.34. The Hall–Kier alpha value is -3.00. The van der Waals surface area contributed by atoms with Crippen LogP contribution in [-0.2, 0) is 11.0 Å². The lowest BCUT2D eigenvalue weighted by Gasteiger charge is -2.18. The van der Waals surface area contributed by atoms with Gasteiger partial charge in [-0.3, -0.25) is 4.79 Å². The molecule has 3 aromatic rings. The number of hydrogen-bond acceptors (Lipinski definition) is 4. The predicted octanol–water partition coefficient (Wildman–Crippen LogP) is 4.87. The van der Waals surface area contributed by atoms with Crippen molar-refractivity contribution >= 4 is 34.2 Å². The largest absolute Gasteiger partial charge is 0.481 e. The molecule has 0 saturated carbocycles. The molecule has 1 aromatic heterocycles. The lowest BCUT2D eigenvalue weighted by atomic mass is 10.1. The second-order valence-corrected chi connectivity index (χ2v) is 6.33. The second-order valence-electron chi connectivity index (χ2n) is 5.89. The normalized spacial score (nSPS) is 12.6. The lowest BCUT2D eigenvalue weighted by Crippen LogP contribution is -2.31. The smallest absolute Gasteiger partial charge is 0.418 e. The fraction of sp³-hybridized carbons (Fsp3) is 0.158. The number of benzene rings is 2. The molecule has 1 amide bonds. The van der Waals surface area contributed by atoms with Gasteiger partial charge in [0.15, 0.2) is 6.10 Å². The molecule has 0 aliphatic rings. The Morgan fingerprint density at radius 3 is 2.57 bits per heavy atom. The summed E-state index contributed by atoms with van der Waals surface area (Å²) in [6.07, 6.45) is -5.81. The van der Waals surface area contributed by atoms with Crippen molar-refractivity contribution in [2.24, 2.45) is 0 Å². The van der Waals surface area contributed by atoms with Crippen molar-refractivity contribution in [1.29, 1.82) is 0 Å². The van der Waals surface area contributed by atoms with E-state index < -0.39 is 35.1 Å². The van der Waals surface area contributed by atoms with E-state index in [4.69, 9.17) is 20.8 Å². The highest BCUT2D eigenvalue weighted by Crippen LogP contribution is 2.36. The van der Waals surface area contributed by atoms with Crippen LogP contribution in [-0.4, -0.2) is 12.0 Å². The maximum absolute atomic E-state index is 13.1. The Morgan fingerprint density at radius 2 is 1.86 bits per heavy atom. The Labute approximate surface area is 161 Å². The molecule has 1 atom stereocenters. The van der Waals surface area contributed by atoms with E-state index in [1.54, 1.807) is 18.2 Å². The van der Waals surface area contributed by atoms with Crippen molar-refractivity contribution < 1.29 is 27.1 Å². The predicted molar refractivity (Wildman–Crippen MR) is 97.7 cm³/mol. The van der Waals surface area contributed by atoms with Gasteiger partial charge >= 0.3 is 11.8 Å². The summed E-state index contributed by atoms with van der Waals surface area (Å²) in [5, 5.41) is 2.74. The van der Waals surface area contributed by atoms with Gasteiger partial charge in [0.05, 0.1) is 11.3 Å². The van der Waals surface area contributed by atoms with E-state index in [1.165, 1.54) is 25.1 Å². The first kappa shape index (κ1) is 19.8. The third-order valence-corrected chi connectivity index (χ3v) is 4.06. The summed E-state index contributed by atoms with van der Waals surface area (Å²) in [5.74, 6) is -0.570. The molecular weight excluding hydrogens is 399 g/mol. The van der Waals surface area contributed by atoms with Gasteiger partial charge in [0, 0.05) is 22.5 Å². The molecular formula is C19H13ClF3NO4. The Bertz CT molecular complexity index is 1090. The van der Waals surface area contributed by atoms with Gasteiger partial charge in [0.2, 0.25) is 0 Å². The first-order chi connectivity index (χ1) is 13.1. The van der Waals surface area contributed by atoms with Crippen LogP contribution in [0.15, 0.2) is 57.7 Å². The number of ether oxygens (including phenoxy) is 1. The molecule has 1 N–H and O–H groups in total. The molecule has 0 fully saturated rings. The van der Waals surface area contributed by atoms with Crippen molar-refractivity contribution in [2.75, 3.05) is 5.32 Å². The molecule has 9 heteroatoms. The minimum atomic E-state index is -4.69. The maximum atomic E-state index is 13.1. The number of nitrogens with one attached hydrogen (secondary N) is 1. The van der Waals surface area contributed by atoms with Crippen LogP contribution in [0.25, 0.3) is 11.0 Å². The van der Waals surface area contributed by atoms with E-state index in [0.717, 1.165) is 12.1 Å². The topological polar surface area (TPSA) is 68.5 Å². The van der Waals surface area contributed by atoms with Gasteiger partial charge in [-0.05, 0) is 43.3 Å².